The van der Waals surface area contributed by atoms with Crippen LogP contribution >= 0.6 is 19.2 Å². The fraction of sp³-hybridized carbons (Fsp3) is 0.133. The molecule has 0 atom stereocenters. The molecule has 6 rings (SSSR count). The van der Waals surface area contributed by atoms with Gasteiger partial charge in [0, 0.05) is 30.9 Å². The maximum atomic E-state index is 13.5. The third-order valence-electron chi connectivity index (χ3n) is 6.83. The number of alkyl halides is 3. The summed E-state index contributed by atoms with van der Waals surface area (Å²) < 4.78 is 61.9. The topological polar surface area (TPSA) is 189 Å². The van der Waals surface area contributed by atoms with E-state index in [0.29, 0.717) is 36.1 Å². The Morgan fingerprint density at radius 3 is 2.35 bits per heavy atom. The second kappa shape index (κ2) is 13.6. The number of phosphoric acid groups is 1. The second-order valence-electron chi connectivity index (χ2n) is 10.3. The van der Waals surface area contributed by atoms with Gasteiger partial charge < -0.3 is 19.9 Å². The van der Waals surface area contributed by atoms with Crippen LogP contribution in [0.1, 0.15) is 18.4 Å². The molecule has 1 aliphatic heterocycles. The predicted octanol–water partition coefficient (Wildman–Crippen LogP) is 6.72. The number of anilines is 3. The molecule has 0 radical (unpaired) electrons. The molecule has 3 aromatic heterocycles. The number of halogens is 3. The van der Waals surface area contributed by atoms with Crippen molar-refractivity contribution in [3.05, 3.63) is 84.9 Å². The molecule has 2 aromatic carbocycles. The Morgan fingerprint density at radius 2 is 1.67 bits per heavy atom. The molecule has 1 fully saturated rings. The number of urea groups is 1. The van der Waals surface area contributed by atoms with Crippen LogP contribution in [0.5, 0.6) is 17.5 Å². The summed E-state index contributed by atoms with van der Waals surface area (Å²) in [5.74, 6) is 0.205. The van der Waals surface area contributed by atoms with Crippen molar-refractivity contribution >= 4 is 47.6 Å². The zero-order chi connectivity index (χ0) is 34.8. The van der Waals surface area contributed by atoms with Crippen LogP contribution in [-0.2, 0) is 15.5 Å². The van der Waals surface area contributed by atoms with Crippen LogP contribution in [0.3, 0.4) is 0 Å². The Bertz CT molecular complexity index is 2060. The summed E-state index contributed by atoms with van der Waals surface area (Å²) in [7, 11) is -4.93. The largest absolute Gasteiger partial charge is 0.524 e. The molecule has 4 N–H and O–H groups in total. The van der Waals surface area contributed by atoms with Crippen LogP contribution in [0.4, 0.5) is 34.5 Å². The highest BCUT2D eigenvalue weighted by Gasteiger charge is 2.32. The fourth-order valence-electron chi connectivity index (χ4n) is 4.67. The fourth-order valence-corrected chi connectivity index (χ4v) is 6.02. The summed E-state index contributed by atoms with van der Waals surface area (Å²) in [6.45, 7) is 0.656. The highest BCUT2D eigenvalue weighted by Crippen LogP contribution is 2.40. The number of hydrogen-bond acceptors (Lipinski definition) is 10. The van der Waals surface area contributed by atoms with E-state index in [1.54, 1.807) is 23.2 Å². The van der Waals surface area contributed by atoms with Crippen molar-refractivity contribution in [2.75, 3.05) is 22.1 Å². The van der Waals surface area contributed by atoms with E-state index in [1.165, 1.54) is 41.9 Å². The number of carbonyl (C=O) groups is 2. The number of pyridine rings is 1. The van der Waals surface area contributed by atoms with Crippen molar-refractivity contribution in [1.29, 1.82) is 0 Å². The zero-order valence-electron chi connectivity index (χ0n) is 24.8. The van der Waals surface area contributed by atoms with Crippen LogP contribution in [0.25, 0.3) is 21.7 Å². The summed E-state index contributed by atoms with van der Waals surface area (Å²) in [4.78, 5) is 61.9. The first-order valence-electron chi connectivity index (χ1n) is 14.2. The van der Waals surface area contributed by atoms with Gasteiger partial charge in [0.2, 0.25) is 5.91 Å². The molecule has 4 heterocycles. The van der Waals surface area contributed by atoms with E-state index < -0.39 is 25.6 Å². The van der Waals surface area contributed by atoms with Gasteiger partial charge in [-0.2, -0.15) is 13.2 Å². The molecule has 19 heteroatoms. The van der Waals surface area contributed by atoms with E-state index in [-0.39, 0.29) is 40.3 Å². The van der Waals surface area contributed by atoms with E-state index in [2.05, 4.69) is 35.1 Å². The predicted molar refractivity (Wildman–Crippen MR) is 171 cm³/mol. The van der Waals surface area contributed by atoms with Gasteiger partial charge >= 0.3 is 26.0 Å². The monoisotopic (exact) mass is 713 g/mol. The molecule has 0 aliphatic carbocycles. The highest BCUT2D eigenvalue weighted by atomic mass is 32.1. The number of thiazole rings is 1. The van der Waals surface area contributed by atoms with Gasteiger partial charge in [-0.25, -0.2) is 24.3 Å². The molecule has 0 bridgehead atoms. The van der Waals surface area contributed by atoms with Crippen LogP contribution in [0.15, 0.2) is 79.4 Å². The minimum absolute atomic E-state index is 0.0481. The number of carbonyl (C=O) groups excluding carboxylic acids is 2. The van der Waals surface area contributed by atoms with Crippen molar-refractivity contribution in [2.24, 2.45) is 0 Å². The lowest BCUT2D eigenvalue weighted by atomic mass is 10.1. The first-order chi connectivity index (χ1) is 23.3. The normalized spacial score (nSPS) is 13.3. The molecule has 0 saturated carbocycles. The Kier molecular flexibility index (Phi) is 9.29. The Hall–Kier alpha value is -5.42. The van der Waals surface area contributed by atoms with Gasteiger partial charge in [0.05, 0.1) is 39.9 Å². The number of benzene rings is 2. The smallest absolute Gasteiger partial charge is 0.424 e. The number of nitrogens with zero attached hydrogens (tertiary/aromatic N) is 5. The first kappa shape index (κ1) is 33.5. The molecular weight excluding hydrogens is 690 g/mol. The van der Waals surface area contributed by atoms with Crippen LogP contribution in [0.2, 0.25) is 0 Å². The lowest BCUT2D eigenvalue weighted by molar-refractivity contribution is -0.137. The third kappa shape index (κ3) is 8.36. The molecule has 5 aromatic rings. The lowest BCUT2D eigenvalue weighted by Crippen LogP contribution is -2.23. The van der Waals surface area contributed by atoms with E-state index >= 15 is 0 Å². The summed E-state index contributed by atoms with van der Waals surface area (Å²) in [5, 5.41) is 5.38. The maximum Gasteiger partial charge on any atom is 0.524 e. The molecular formula is C30H23F3N7O7PS. The number of hydrogen-bond donors (Lipinski definition) is 4. The van der Waals surface area contributed by atoms with Gasteiger partial charge in [-0.1, -0.05) is 23.5 Å². The average molecular weight is 714 g/mol. The summed E-state index contributed by atoms with van der Waals surface area (Å²) >= 11 is 1.41. The van der Waals surface area contributed by atoms with E-state index in [9.17, 15) is 27.3 Å². The number of nitrogens with one attached hydrogen (secondary N) is 2. The van der Waals surface area contributed by atoms with Crippen LogP contribution in [0, 0.1) is 0 Å². The maximum absolute atomic E-state index is 13.5. The third-order valence-corrected chi connectivity index (χ3v) is 8.34. The Labute approximate surface area is 278 Å². The minimum atomic E-state index is -4.93. The van der Waals surface area contributed by atoms with Crippen LogP contribution < -0.4 is 24.8 Å². The van der Waals surface area contributed by atoms with Gasteiger partial charge in [-0.05, 0) is 54.4 Å². The summed E-state index contributed by atoms with van der Waals surface area (Å²) in [6, 6.07) is 11.8. The summed E-state index contributed by atoms with van der Waals surface area (Å²) in [5.41, 5.74) is -0.593. The molecule has 252 valence electrons. The number of ether oxygens (including phenoxy) is 1. The highest BCUT2D eigenvalue weighted by molar-refractivity contribution is 7.46. The Balaban J connectivity index is 1.11. The molecule has 1 aliphatic rings. The van der Waals surface area contributed by atoms with Crippen molar-refractivity contribution in [3.8, 4) is 39.2 Å². The van der Waals surface area contributed by atoms with Crippen molar-refractivity contribution in [1.82, 2.24) is 19.9 Å². The van der Waals surface area contributed by atoms with E-state index in [1.807, 2.05) is 12.1 Å². The number of aromatic nitrogens is 4. The molecule has 0 spiro atoms. The Morgan fingerprint density at radius 1 is 0.918 bits per heavy atom. The van der Waals surface area contributed by atoms with Crippen molar-refractivity contribution in [3.63, 3.8) is 0 Å². The van der Waals surface area contributed by atoms with Crippen molar-refractivity contribution < 1.29 is 46.4 Å². The first-order valence-corrected chi connectivity index (χ1v) is 16.5. The molecule has 3 amide bonds. The zero-order valence-corrected chi connectivity index (χ0v) is 26.5. The second-order valence-corrected chi connectivity index (χ2v) is 12.5. The van der Waals surface area contributed by atoms with Gasteiger partial charge in [0.15, 0.2) is 5.13 Å². The van der Waals surface area contributed by atoms with Crippen molar-refractivity contribution in [2.45, 2.75) is 19.0 Å². The standard InChI is InChI=1S/C30H23F3N7O7PS/c31-30(32,33)19-12-23(26(34-13-19)18-3-1-4-22(11-18)47-48(43,44)45)39-27(42)38-20-14-35-28(36-15-20)46-21-8-6-17(7-9-21)24-16-37-29(49-24)40-10-2-5-25(40)41/h1,3-4,6-9,11-16H,2,5,10H2,(H2,38,39,42)(H2,43,44,45). The lowest BCUT2D eigenvalue weighted by Gasteiger charge is -2.15. The number of phosphoric ester groups is 1. The SMILES string of the molecule is O=C(Nc1cnc(Oc2ccc(-c3cnc(N4CCCC4=O)s3)cc2)nc1)Nc1cc(C(F)(F)F)cnc1-c1cccc(OP(=O)(O)O)c1. The van der Waals surface area contributed by atoms with Gasteiger partial charge in [0.1, 0.15) is 11.5 Å². The number of amides is 3. The van der Waals surface area contributed by atoms with E-state index in [0.717, 1.165) is 22.9 Å². The molecule has 1 saturated heterocycles. The van der Waals surface area contributed by atoms with Gasteiger partial charge in [-0.3, -0.25) is 24.5 Å². The van der Waals surface area contributed by atoms with Gasteiger partial charge in [-0.15, -0.1) is 0 Å². The minimum Gasteiger partial charge on any atom is -0.424 e. The summed E-state index contributed by atoms with van der Waals surface area (Å²) in [6.07, 6.45) is 1.26. The number of rotatable bonds is 9. The molecule has 49 heavy (non-hydrogen) atoms. The average Bonchev–Trinajstić information content (AvgIpc) is 3.70. The quantitative estimate of drug-likeness (QED) is 0.119. The van der Waals surface area contributed by atoms with Gasteiger partial charge in [0.25, 0.3) is 0 Å². The molecule has 14 nitrogen and oxygen atoms in total. The molecule has 0 unspecified atom stereocenters. The van der Waals surface area contributed by atoms with E-state index in [4.69, 9.17) is 14.5 Å². The van der Waals surface area contributed by atoms with Crippen LogP contribution in [-0.4, -0.2) is 48.2 Å².